The minimum Gasteiger partial charge on any atom is -0.497 e. The highest BCUT2D eigenvalue weighted by Crippen LogP contribution is 2.28. The molecule has 1 saturated heterocycles. The number of hydrogen-bond acceptors (Lipinski definition) is 6. The highest BCUT2D eigenvalue weighted by Gasteiger charge is 2.43. The summed E-state index contributed by atoms with van der Waals surface area (Å²) in [6.45, 7) is 0.490. The Labute approximate surface area is 193 Å². The van der Waals surface area contributed by atoms with Crippen LogP contribution in [0, 0.1) is 0 Å². The molecular weight excluding hydrogens is 446 g/mol. The van der Waals surface area contributed by atoms with Crippen molar-refractivity contribution in [1.82, 2.24) is 14.7 Å². The molecule has 2 heterocycles. The van der Waals surface area contributed by atoms with Crippen LogP contribution in [0.1, 0.15) is 11.1 Å². The van der Waals surface area contributed by atoms with Crippen molar-refractivity contribution in [1.29, 1.82) is 0 Å². The molecule has 2 aromatic carbocycles. The number of carbonyl (C=O) groups is 1. The van der Waals surface area contributed by atoms with Crippen molar-refractivity contribution in [3.05, 3.63) is 77.7 Å². The standard InChI is InChI=1S/C23H27N3O6S/c1-30-19-10-8-17(9-11-19)12-13-25-20(15-26(23(25)27)24-33(2,28)29)21-16-31-22(32-21)14-18-6-4-3-5-7-18/h3-11,16,20,22,24H,12-15H2,1-2H3. The first kappa shape index (κ1) is 22.9. The van der Waals surface area contributed by atoms with E-state index in [4.69, 9.17) is 14.2 Å². The molecule has 33 heavy (non-hydrogen) atoms. The SMILES string of the molecule is COc1ccc(CCN2C(=O)N(NS(C)(=O)=O)CC2C2=COC(Cc3ccccc3)O2)cc1. The van der Waals surface area contributed by atoms with Gasteiger partial charge in [-0.2, -0.15) is 0 Å². The number of urea groups is 1. The summed E-state index contributed by atoms with van der Waals surface area (Å²) in [5.74, 6) is 1.25. The summed E-state index contributed by atoms with van der Waals surface area (Å²) in [6, 6.07) is 16.5. The summed E-state index contributed by atoms with van der Waals surface area (Å²) in [7, 11) is -2.01. The van der Waals surface area contributed by atoms with Gasteiger partial charge in [-0.1, -0.05) is 42.5 Å². The Morgan fingerprint density at radius 2 is 1.82 bits per heavy atom. The Balaban J connectivity index is 1.46. The van der Waals surface area contributed by atoms with Crippen LogP contribution in [-0.2, 0) is 32.3 Å². The van der Waals surface area contributed by atoms with E-state index in [1.165, 1.54) is 6.26 Å². The van der Waals surface area contributed by atoms with E-state index in [9.17, 15) is 13.2 Å². The fraction of sp³-hybridized carbons (Fsp3) is 0.348. The van der Waals surface area contributed by atoms with Crippen molar-refractivity contribution in [3.8, 4) is 5.75 Å². The number of methoxy groups -OCH3 is 1. The van der Waals surface area contributed by atoms with Gasteiger partial charge in [-0.3, -0.25) is 0 Å². The average Bonchev–Trinajstić information content (AvgIpc) is 3.37. The zero-order valence-corrected chi connectivity index (χ0v) is 19.3. The summed E-state index contributed by atoms with van der Waals surface area (Å²) >= 11 is 0. The first-order valence-electron chi connectivity index (χ1n) is 10.6. The Hall–Kier alpha value is -3.24. The summed E-state index contributed by atoms with van der Waals surface area (Å²) < 4.78 is 40.4. The number of hydrazine groups is 1. The molecule has 0 bridgehead atoms. The van der Waals surface area contributed by atoms with E-state index in [1.807, 2.05) is 54.6 Å². The monoisotopic (exact) mass is 473 g/mol. The molecule has 0 saturated carbocycles. The zero-order chi connectivity index (χ0) is 23.4. The van der Waals surface area contributed by atoms with Crippen LogP contribution in [0.25, 0.3) is 0 Å². The maximum atomic E-state index is 13.0. The summed E-state index contributed by atoms with van der Waals surface area (Å²) in [5, 5.41) is 1.10. The van der Waals surface area contributed by atoms with Gasteiger partial charge in [0.1, 0.15) is 18.1 Å². The van der Waals surface area contributed by atoms with Crippen molar-refractivity contribution >= 4 is 16.1 Å². The minimum atomic E-state index is -3.61. The molecule has 2 atom stereocenters. The quantitative estimate of drug-likeness (QED) is 0.600. The van der Waals surface area contributed by atoms with Crippen molar-refractivity contribution in [2.75, 3.05) is 26.5 Å². The van der Waals surface area contributed by atoms with E-state index >= 15 is 0 Å². The molecule has 0 radical (unpaired) electrons. The van der Waals surface area contributed by atoms with E-state index in [1.54, 1.807) is 12.0 Å². The van der Waals surface area contributed by atoms with Crippen LogP contribution in [0.15, 0.2) is 66.6 Å². The van der Waals surface area contributed by atoms with E-state index in [-0.39, 0.29) is 6.54 Å². The molecule has 0 aromatic heterocycles. The smallest absolute Gasteiger partial charge is 0.335 e. The number of nitrogens with one attached hydrogen (secondary N) is 1. The Kier molecular flexibility index (Phi) is 6.75. The molecule has 2 aromatic rings. The number of benzene rings is 2. The van der Waals surface area contributed by atoms with Gasteiger partial charge in [-0.15, -0.1) is 4.83 Å². The van der Waals surface area contributed by atoms with Gasteiger partial charge in [0.2, 0.25) is 16.3 Å². The number of carbonyl (C=O) groups excluding carboxylic acids is 1. The lowest BCUT2D eigenvalue weighted by Gasteiger charge is -2.23. The van der Waals surface area contributed by atoms with Gasteiger partial charge in [0.25, 0.3) is 0 Å². The second-order valence-corrected chi connectivity index (χ2v) is 9.68. The molecular formula is C23H27N3O6S. The maximum Gasteiger partial charge on any atom is 0.335 e. The molecule has 0 spiro atoms. The Morgan fingerprint density at radius 1 is 1.09 bits per heavy atom. The first-order chi connectivity index (χ1) is 15.8. The minimum absolute atomic E-state index is 0.113. The zero-order valence-electron chi connectivity index (χ0n) is 18.5. The Bertz CT molecular complexity index is 1100. The van der Waals surface area contributed by atoms with Gasteiger partial charge in [-0.05, 0) is 29.7 Å². The molecule has 1 N–H and O–H groups in total. The van der Waals surface area contributed by atoms with Crippen LogP contribution in [0.4, 0.5) is 4.79 Å². The lowest BCUT2D eigenvalue weighted by Crippen LogP contribution is -2.44. The molecule has 0 aliphatic carbocycles. The van der Waals surface area contributed by atoms with Crippen LogP contribution in [0.2, 0.25) is 0 Å². The number of rotatable bonds is 9. The highest BCUT2D eigenvalue weighted by molar-refractivity contribution is 7.88. The van der Waals surface area contributed by atoms with Crippen LogP contribution in [-0.4, -0.2) is 63.1 Å². The van der Waals surface area contributed by atoms with Gasteiger partial charge in [0.05, 0.1) is 19.9 Å². The largest absolute Gasteiger partial charge is 0.497 e. The van der Waals surface area contributed by atoms with Crippen LogP contribution < -0.4 is 9.57 Å². The van der Waals surface area contributed by atoms with E-state index in [0.29, 0.717) is 25.1 Å². The van der Waals surface area contributed by atoms with Crippen molar-refractivity contribution in [2.45, 2.75) is 25.2 Å². The fourth-order valence-electron chi connectivity index (χ4n) is 3.85. The predicted octanol–water partition coefficient (Wildman–Crippen LogP) is 2.27. The van der Waals surface area contributed by atoms with Crippen LogP contribution >= 0.6 is 0 Å². The van der Waals surface area contributed by atoms with Gasteiger partial charge in [0, 0.05) is 13.0 Å². The summed E-state index contributed by atoms with van der Waals surface area (Å²) in [6.07, 6.45) is 3.17. The fourth-order valence-corrected chi connectivity index (χ4v) is 4.41. The lowest BCUT2D eigenvalue weighted by atomic mass is 10.1. The Morgan fingerprint density at radius 3 is 2.48 bits per heavy atom. The molecule has 10 heteroatoms. The van der Waals surface area contributed by atoms with Crippen LogP contribution in [0.3, 0.4) is 0 Å². The topological polar surface area (TPSA) is 97.4 Å². The molecule has 9 nitrogen and oxygen atoms in total. The third-order valence-electron chi connectivity index (χ3n) is 5.46. The van der Waals surface area contributed by atoms with Gasteiger partial charge in [-0.25, -0.2) is 18.2 Å². The van der Waals surface area contributed by atoms with E-state index in [0.717, 1.165) is 28.1 Å². The van der Waals surface area contributed by atoms with E-state index in [2.05, 4.69) is 4.83 Å². The third-order valence-corrected chi connectivity index (χ3v) is 6.01. The molecule has 4 rings (SSSR count). The van der Waals surface area contributed by atoms with Crippen molar-refractivity contribution < 1.29 is 27.4 Å². The lowest BCUT2D eigenvalue weighted by molar-refractivity contribution is -0.0364. The van der Waals surface area contributed by atoms with Crippen LogP contribution in [0.5, 0.6) is 5.75 Å². The number of amides is 2. The van der Waals surface area contributed by atoms with Gasteiger partial charge >= 0.3 is 6.03 Å². The third kappa shape index (κ3) is 5.77. The number of ether oxygens (including phenoxy) is 3. The molecule has 2 aliphatic rings. The van der Waals surface area contributed by atoms with Crippen molar-refractivity contribution in [3.63, 3.8) is 0 Å². The molecule has 176 valence electrons. The van der Waals surface area contributed by atoms with Crippen molar-refractivity contribution in [2.24, 2.45) is 0 Å². The summed E-state index contributed by atoms with van der Waals surface area (Å²) in [4.78, 5) is 16.9. The second-order valence-electron chi connectivity index (χ2n) is 7.96. The predicted molar refractivity (Wildman–Crippen MR) is 121 cm³/mol. The van der Waals surface area contributed by atoms with Gasteiger partial charge in [0.15, 0.2) is 5.76 Å². The maximum absolute atomic E-state index is 13.0. The normalized spacial score (nSPS) is 20.4. The van der Waals surface area contributed by atoms with Gasteiger partial charge < -0.3 is 19.1 Å². The average molecular weight is 474 g/mol. The molecule has 2 amide bonds. The number of nitrogens with zero attached hydrogens (tertiary/aromatic N) is 2. The number of sulfonamides is 1. The highest BCUT2D eigenvalue weighted by atomic mass is 32.2. The molecule has 2 unspecified atom stereocenters. The first-order valence-corrected chi connectivity index (χ1v) is 12.5. The number of hydrogen-bond donors (Lipinski definition) is 1. The molecule has 2 aliphatic heterocycles. The molecule has 1 fully saturated rings. The van der Waals surface area contributed by atoms with E-state index < -0.39 is 28.4 Å². The summed E-state index contributed by atoms with van der Waals surface area (Å²) in [5.41, 5.74) is 2.09. The second kappa shape index (κ2) is 9.72.